The maximum Gasteiger partial charge on any atom is 0.140 e. The quantitative estimate of drug-likeness (QED) is 0.672. The largest absolute Gasteiger partial charge is 0.497 e. The van der Waals surface area contributed by atoms with Crippen molar-refractivity contribution in [2.45, 2.75) is 13.5 Å². The molecule has 0 bridgehead atoms. The Balaban J connectivity index is 1.46. The van der Waals surface area contributed by atoms with Crippen LogP contribution in [0.2, 0.25) is 0 Å². The van der Waals surface area contributed by atoms with Crippen molar-refractivity contribution in [3.05, 3.63) is 41.0 Å². The summed E-state index contributed by atoms with van der Waals surface area (Å²) >= 11 is 1.73. The van der Waals surface area contributed by atoms with Crippen LogP contribution >= 0.6 is 11.3 Å². The minimum absolute atomic E-state index is 0.852. The monoisotopic (exact) mass is 384 g/mol. The Morgan fingerprint density at radius 1 is 1.04 bits per heavy atom. The van der Waals surface area contributed by atoms with E-state index in [0.29, 0.717) is 0 Å². The van der Waals surface area contributed by atoms with Crippen molar-refractivity contribution in [1.29, 1.82) is 0 Å². The lowest BCUT2D eigenvalue weighted by molar-refractivity contribution is 0.245. The molecule has 1 aromatic carbocycles. The van der Waals surface area contributed by atoms with Gasteiger partial charge in [0.15, 0.2) is 0 Å². The number of benzene rings is 1. The van der Waals surface area contributed by atoms with Crippen molar-refractivity contribution < 1.29 is 9.47 Å². The highest BCUT2D eigenvalue weighted by Crippen LogP contribution is 2.31. The summed E-state index contributed by atoms with van der Waals surface area (Å²) in [7, 11) is 3.41. The molecule has 0 unspecified atom stereocenters. The van der Waals surface area contributed by atoms with Crippen LogP contribution in [0.15, 0.2) is 30.6 Å². The summed E-state index contributed by atoms with van der Waals surface area (Å²) in [5, 5.41) is 1.17. The molecule has 0 saturated carbocycles. The lowest BCUT2D eigenvalue weighted by Gasteiger charge is -2.35. The molecule has 0 N–H and O–H groups in total. The van der Waals surface area contributed by atoms with Gasteiger partial charge < -0.3 is 14.4 Å². The van der Waals surface area contributed by atoms with Crippen molar-refractivity contribution in [2.24, 2.45) is 0 Å². The van der Waals surface area contributed by atoms with E-state index in [9.17, 15) is 0 Å². The number of hydrogen-bond acceptors (Lipinski definition) is 7. The van der Waals surface area contributed by atoms with Crippen molar-refractivity contribution in [3.8, 4) is 11.5 Å². The van der Waals surface area contributed by atoms with Gasteiger partial charge in [0.1, 0.15) is 28.5 Å². The SMILES string of the molecule is COc1ccc(OC)c(CN2CCN(c3ncnc4sc(C)cc34)CC2)c1. The molecule has 0 spiro atoms. The summed E-state index contributed by atoms with van der Waals surface area (Å²) in [6.45, 7) is 6.84. The van der Waals surface area contributed by atoms with Crippen LogP contribution in [0.4, 0.5) is 5.82 Å². The first-order valence-corrected chi connectivity index (χ1v) is 9.89. The Hall–Kier alpha value is -2.38. The number of hydrogen-bond donors (Lipinski definition) is 0. The van der Waals surface area contributed by atoms with E-state index in [2.05, 4.69) is 38.8 Å². The van der Waals surface area contributed by atoms with Crippen LogP contribution < -0.4 is 14.4 Å². The highest BCUT2D eigenvalue weighted by Gasteiger charge is 2.21. The zero-order valence-corrected chi connectivity index (χ0v) is 16.8. The number of rotatable bonds is 5. The molecule has 3 heterocycles. The Labute approximate surface area is 163 Å². The standard InChI is InChI=1S/C20H24N4O2S/c1-14-10-17-19(21-13-22-20(17)27-14)24-8-6-23(7-9-24)12-15-11-16(25-2)4-5-18(15)26-3/h4-5,10-11,13H,6-9,12H2,1-3H3. The molecule has 2 aromatic heterocycles. The van der Waals surface area contributed by atoms with Crippen LogP contribution in [0.1, 0.15) is 10.4 Å². The van der Waals surface area contributed by atoms with Crippen LogP contribution in [0.3, 0.4) is 0 Å². The van der Waals surface area contributed by atoms with Gasteiger partial charge in [0.25, 0.3) is 0 Å². The summed E-state index contributed by atoms with van der Waals surface area (Å²) in [6, 6.07) is 8.17. The van der Waals surface area contributed by atoms with E-state index in [-0.39, 0.29) is 0 Å². The van der Waals surface area contributed by atoms with Crippen LogP contribution in [0, 0.1) is 6.92 Å². The van der Waals surface area contributed by atoms with Crippen molar-refractivity contribution >= 4 is 27.4 Å². The number of ether oxygens (including phenoxy) is 2. The van der Waals surface area contributed by atoms with Gasteiger partial charge >= 0.3 is 0 Å². The molecule has 3 aromatic rings. The smallest absolute Gasteiger partial charge is 0.140 e. The Morgan fingerprint density at radius 2 is 1.85 bits per heavy atom. The van der Waals surface area contributed by atoms with Gasteiger partial charge in [-0.25, -0.2) is 9.97 Å². The maximum atomic E-state index is 5.52. The van der Waals surface area contributed by atoms with Gasteiger partial charge in [-0.3, -0.25) is 4.90 Å². The number of nitrogens with zero attached hydrogens (tertiary/aromatic N) is 4. The number of thiophene rings is 1. The van der Waals surface area contributed by atoms with Gasteiger partial charge in [0, 0.05) is 43.2 Å². The van der Waals surface area contributed by atoms with E-state index in [1.54, 1.807) is 31.9 Å². The second-order valence-electron chi connectivity index (χ2n) is 6.71. The molecule has 0 radical (unpaired) electrons. The van der Waals surface area contributed by atoms with Crippen LogP contribution in [0.5, 0.6) is 11.5 Å². The second-order valence-corrected chi connectivity index (χ2v) is 7.95. The summed E-state index contributed by atoms with van der Waals surface area (Å²) in [6.07, 6.45) is 1.68. The molecule has 1 saturated heterocycles. The average molecular weight is 385 g/mol. The summed E-state index contributed by atoms with van der Waals surface area (Å²) < 4.78 is 10.9. The normalized spacial score (nSPS) is 15.3. The number of aryl methyl sites for hydroxylation is 1. The van der Waals surface area contributed by atoms with Gasteiger partial charge in [-0.05, 0) is 31.2 Å². The number of piperazine rings is 1. The molecule has 1 fully saturated rings. The van der Waals surface area contributed by atoms with Gasteiger partial charge in [-0.15, -0.1) is 11.3 Å². The molecule has 142 valence electrons. The average Bonchev–Trinajstić information content (AvgIpc) is 3.08. The fraction of sp³-hybridized carbons (Fsp3) is 0.400. The number of fused-ring (bicyclic) bond motifs is 1. The fourth-order valence-corrected chi connectivity index (χ4v) is 4.42. The van der Waals surface area contributed by atoms with E-state index in [0.717, 1.165) is 60.4 Å². The molecule has 1 aliphatic heterocycles. The molecule has 27 heavy (non-hydrogen) atoms. The number of anilines is 1. The maximum absolute atomic E-state index is 5.52. The molecular weight excluding hydrogens is 360 g/mol. The van der Waals surface area contributed by atoms with E-state index in [1.807, 2.05) is 12.1 Å². The van der Waals surface area contributed by atoms with Gasteiger partial charge in [0.05, 0.1) is 19.6 Å². The molecule has 1 aliphatic rings. The first-order chi connectivity index (χ1) is 13.2. The number of aromatic nitrogens is 2. The molecule has 4 rings (SSSR count). The van der Waals surface area contributed by atoms with E-state index >= 15 is 0 Å². The van der Waals surface area contributed by atoms with Crippen LogP contribution in [0.25, 0.3) is 10.2 Å². The minimum atomic E-state index is 0.852. The topological polar surface area (TPSA) is 50.7 Å². The zero-order valence-electron chi connectivity index (χ0n) is 15.9. The zero-order chi connectivity index (χ0) is 18.8. The molecule has 7 heteroatoms. The first-order valence-electron chi connectivity index (χ1n) is 9.07. The van der Waals surface area contributed by atoms with Crippen molar-refractivity contribution in [3.63, 3.8) is 0 Å². The summed E-state index contributed by atoms with van der Waals surface area (Å²) in [4.78, 5) is 16.1. The molecule has 0 atom stereocenters. The number of methoxy groups -OCH3 is 2. The van der Waals surface area contributed by atoms with Gasteiger partial charge in [0.2, 0.25) is 0 Å². The summed E-state index contributed by atoms with van der Waals surface area (Å²) in [5.74, 6) is 2.83. The lowest BCUT2D eigenvalue weighted by Crippen LogP contribution is -2.46. The molecule has 0 amide bonds. The van der Waals surface area contributed by atoms with E-state index < -0.39 is 0 Å². The van der Waals surface area contributed by atoms with Gasteiger partial charge in [-0.2, -0.15) is 0 Å². The molecule has 0 aliphatic carbocycles. The Bertz CT molecular complexity index is 935. The van der Waals surface area contributed by atoms with E-state index in [1.165, 1.54) is 10.3 Å². The first kappa shape index (κ1) is 18.0. The summed E-state index contributed by atoms with van der Waals surface area (Å²) in [5.41, 5.74) is 1.16. The molecule has 6 nitrogen and oxygen atoms in total. The fourth-order valence-electron chi connectivity index (χ4n) is 3.58. The lowest BCUT2D eigenvalue weighted by atomic mass is 10.1. The third-order valence-corrected chi connectivity index (χ3v) is 5.94. The third-order valence-electron chi connectivity index (χ3n) is 4.98. The predicted molar refractivity (Wildman–Crippen MR) is 109 cm³/mol. The van der Waals surface area contributed by atoms with Crippen LogP contribution in [-0.2, 0) is 6.54 Å². The van der Waals surface area contributed by atoms with Gasteiger partial charge in [-0.1, -0.05) is 0 Å². The Morgan fingerprint density at radius 3 is 2.59 bits per heavy atom. The second kappa shape index (κ2) is 7.70. The predicted octanol–water partition coefficient (Wildman–Crippen LogP) is 3.34. The van der Waals surface area contributed by atoms with Crippen LogP contribution in [-0.4, -0.2) is 55.3 Å². The Kier molecular flexibility index (Phi) is 5.13. The molecular formula is C20H24N4O2S. The van der Waals surface area contributed by atoms with Crippen molar-refractivity contribution in [1.82, 2.24) is 14.9 Å². The minimum Gasteiger partial charge on any atom is -0.497 e. The highest BCUT2D eigenvalue weighted by atomic mass is 32.1. The highest BCUT2D eigenvalue weighted by molar-refractivity contribution is 7.18. The van der Waals surface area contributed by atoms with Crippen molar-refractivity contribution in [2.75, 3.05) is 45.3 Å². The third kappa shape index (κ3) is 3.70. The van der Waals surface area contributed by atoms with E-state index in [4.69, 9.17) is 9.47 Å².